The molecule has 0 spiro atoms. The van der Waals surface area contributed by atoms with Crippen LogP contribution in [0, 0.1) is 0 Å². The zero-order chi connectivity index (χ0) is 23.2. The SMILES string of the molecule is CCCCCCCCC(CCCCCCC)(CCCCCCCC)NC(=O)CC(N)=O. The van der Waals surface area contributed by atoms with E-state index in [4.69, 9.17) is 5.73 Å². The first-order valence-corrected chi connectivity index (χ1v) is 13.6. The molecule has 0 bridgehead atoms. The van der Waals surface area contributed by atoms with Crippen LogP contribution in [0.25, 0.3) is 0 Å². The van der Waals surface area contributed by atoms with Crippen LogP contribution in [0.4, 0.5) is 0 Å². The zero-order valence-corrected chi connectivity index (χ0v) is 21.2. The molecule has 0 aliphatic carbocycles. The van der Waals surface area contributed by atoms with Gasteiger partial charge in [-0.15, -0.1) is 0 Å². The van der Waals surface area contributed by atoms with Crippen LogP contribution in [0.5, 0.6) is 0 Å². The maximum Gasteiger partial charge on any atom is 0.229 e. The van der Waals surface area contributed by atoms with Gasteiger partial charge in [0.1, 0.15) is 6.42 Å². The Balaban J connectivity index is 4.94. The molecule has 4 heteroatoms. The largest absolute Gasteiger partial charge is 0.369 e. The average molecular weight is 439 g/mol. The molecule has 0 aromatic rings. The van der Waals surface area contributed by atoms with Crippen molar-refractivity contribution in [3.8, 4) is 0 Å². The van der Waals surface area contributed by atoms with Crippen molar-refractivity contribution in [1.29, 1.82) is 0 Å². The third kappa shape index (κ3) is 18.2. The van der Waals surface area contributed by atoms with Crippen molar-refractivity contribution in [2.24, 2.45) is 5.73 Å². The molecule has 0 heterocycles. The summed E-state index contributed by atoms with van der Waals surface area (Å²) in [6, 6.07) is 0. The first kappa shape index (κ1) is 29.9. The van der Waals surface area contributed by atoms with Crippen molar-refractivity contribution < 1.29 is 9.59 Å². The Morgan fingerprint density at radius 1 is 0.581 bits per heavy atom. The number of amides is 2. The number of unbranched alkanes of at least 4 members (excludes halogenated alkanes) is 14. The van der Waals surface area contributed by atoms with Crippen molar-refractivity contribution >= 4 is 11.8 Å². The Morgan fingerprint density at radius 2 is 0.903 bits per heavy atom. The molecule has 184 valence electrons. The van der Waals surface area contributed by atoms with E-state index in [0.29, 0.717) is 0 Å². The third-order valence-electron chi connectivity index (χ3n) is 6.52. The molecule has 0 radical (unpaired) electrons. The molecule has 0 aliphatic rings. The summed E-state index contributed by atoms with van der Waals surface area (Å²) < 4.78 is 0. The molecular formula is C27H54N2O2. The van der Waals surface area contributed by atoms with Crippen LogP contribution < -0.4 is 11.1 Å². The minimum atomic E-state index is -0.534. The van der Waals surface area contributed by atoms with E-state index in [1.54, 1.807) is 0 Å². The summed E-state index contributed by atoms with van der Waals surface area (Å²) in [5, 5.41) is 3.32. The Bertz CT molecular complexity index is 421. The van der Waals surface area contributed by atoms with Gasteiger partial charge in [0.2, 0.25) is 11.8 Å². The normalized spacial score (nSPS) is 11.6. The third-order valence-corrected chi connectivity index (χ3v) is 6.52. The molecule has 0 aromatic heterocycles. The molecule has 0 unspecified atom stereocenters. The number of carbonyl (C=O) groups is 2. The molecule has 31 heavy (non-hydrogen) atoms. The molecule has 0 aliphatic heterocycles. The van der Waals surface area contributed by atoms with Gasteiger partial charge in [-0.2, -0.15) is 0 Å². The maximum atomic E-state index is 12.5. The number of nitrogens with two attached hydrogens (primary N) is 1. The average Bonchev–Trinajstić information content (AvgIpc) is 2.72. The molecule has 0 saturated carbocycles. The van der Waals surface area contributed by atoms with E-state index >= 15 is 0 Å². The van der Waals surface area contributed by atoms with Crippen molar-refractivity contribution in [3.05, 3.63) is 0 Å². The lowest BCUT2D eigenvalue weighted by molar-refractivity contribution is -0.129. The van der Waals surface area contributed by atoms with Crippen LogP contribution in [-0.2, 0) is 9.59 Å². The topological polar surface area (TPSA) is 72.2 Å². The first-order valence-electron chi connectivity index (χ1n) is 13.6. The molecular weight excluding hydrogens is 384 g/mol. The molecule has 0 atom stereocenters. The number of hydrogen-bond acceptors (Lipinski definition) is 2. The monoisotopic (exact) mass is 438 g/mol. The van der Waals surface area contributed by atoms with Crippen molar-refractivity contribution in [1.82, 2.24) is 5.32 Å². The Hall–Kier alpha value is -1.06. The highest BCUT2D eigenvalue weighted by Gasteiger charge is 2.30. The van der Waals surface area contributed by atoms with E-state index in [9.17, 15) is 9.59 Å². The Labute approximate surface area is 193 Å². The summed E-state index contributed by atoms with van der Waals surface area (Å²) >= 11 is 0. The second-order valence-corrected chi connectivity index (χ2v) is 9.67. The van der Waals surface area contributed by atoms with E-state index in [2.05, 4.69) is 26.1 Å². The lowest BCUT2D eigenvalue weighted by atomic mass is 9.81. The van der Waals surface area contributed by atoms with Crippen LogP contribution >= 0.6 is 0 Å². The van der Waals surface area contributed by atoms with Gasteiger partial charge in [0, 0.05) is 5.54 Å². The predicted octanol–water partition coefficient (Wildman–Crippen LogP) is 7.58. The number of hydrogen-bond donors (Lipinski definition) is 2. The van der Waals surface area contributed by atoms with E-state index in [1.807, 2.05) is 0 Å². The summed E-state index contributed by atoms with van der Waals surface area (Å²) in [6.45, 7) is 6.74. The number of carbonyl (C=O) groups excluding carboxylic acids is 2. The van der Waals surface area contributed by atoms with Crippen LogP contribution in [0.2, 0.25) is 0 Å². The molecule has 0 fully saturated rings. The van der Waals surface area contributed by atoms with E-state index in [0.717, 1.165) is 38.5 Å². The smallest absolute Gasteiger partial charge is 0.229 e. The quantitative estimate of drug-likeness (QED) is 0.127. The van der Waals surface area contributed by atoms with Gasteiger partial charge in [-0.3, -0.25) is 9.59 Å². The highest BCUT2D eigenvalue weighted by molar-refractivity contribution is 5.96. The van der Waals surface area contributed by atoms with Crippen molar-refractivity contribution in [3.63, 3.8) is 0 Å². The molecule has 0 saturated heterocycles. The maximum absolute atomic E-state index is 12.5. The second-order valence-electron chi connectivity index (χ2n) is 9.67. The zero-order valence-electron chi connectivity index (χ0n) is 21.2. The first-order chi connectivity index (χ1) is 15.0. The van der Waals surface area contributed by atoms with Gasteiger partial charge in [0.25, 0.3) is 0 Å². The Kier molecular flexibility index (Phi) is 20.1. The van der Waals surface area contributed by atoms with Gasteiger partial charge in [-0.1, -0.05) is 130 Å². The van der Waals surface area contributed by atoms with E-state index < -0.39 is 5.91 Å². The number of primary amides is 1. The predicted molar refractivity (Wildman–Crippen MR) is 134 cm³/mol. The van der Waals surface area contributed by atoms with Crippen LogP contribution in [0.15, 0.2) is 0 Å². The lowest BCUT2D eigenvalue weighted by Crippen LogP contribution is -2.49. The summed E-state index contributed by atoms with van der Waals surface area (Å²) in [7, 11) is 0. The van der Waals surface area contributed by atoms with Gasteiger partial charge >= 0.3 is 0 Å². The molecule has 2 amide bonds. The second kappa shape index (κ2) is 20.8. The van der Waals surface area contributed by atoms with E-state index in [-0.39, 0.29) is 17.9 Å². The van der Waals surface area contributed by atoms with Crippen molar-refractivity contribution in [2.75, 3.05) is 0 Å². The van der Waals surface area contributed by atoms with Gasteiger partial charge in [-0.05, 0) is 19.3 Å². The summed E-state index contributed by atoms with van der Waals surface area (Å²) in [4.78, 5) is 23.9. The van der Waals surface area contributed by atoms with Gasteiger partial charge < -0.3 is 11.1 Å². The highest BCUT2D eigenvalue weighted by Crippen LogP contribution is 2.29. The molecule has 0 rings (SSSR count). The fourth-order valence-electron chi connectivity index (χ4n) is 4.62. The minimum Gasteiger partial charge on any atom is -0.369 e. The van der Waals surface area contributed by atoms with Gasteiger partial charge in [0.05, 0.1) is 0 Å². The van der Waals surface area contributed by atoms with Crippen molar-refractivity contribution in [2.45, 2.75) is 161 Å². The summed E-state index contributed by atoms with van der Waals surface area (Å²) in [5.41, 5.74) is 5.15. The summed E-state index contributed by atoms with van der Waals surface area (Å²) in [5.74, 6) is -0.716. The van der Waals surface area contributed by atoms with Crippen LogP contribution in [-0.4, -0.2) is 17.4 Å². The number of nitrogens with one attached hydrogen (secondary N) is 1. The van der Waals surface area contributed by atoms with Crippen LogP contribution in [0.1, 0.15) is 156 Å². The van der Waals surface area contributed by atoms with Crippen LogP contribution in [0.3, 0.4) is 0 Å². The molecule has 0 aromatic carbocycles. The minimum absolute atomic E-state index is 0.158. The van der Waals surface area contributed by atoms with Gasteiger partial charge in [-0.25, -0.2) is 0 Å². The summed E-state index contributed by atoms with van der Waals surface area (Å²) in [6.07, 6.45) is 24.2. The standard InChI is InChI=1S/C27H54N2O2/c1-4-7-10-13-16-19-22-27(21-18-15-12-9-6-3,29-26(31)24-25(28)30)23-20-17-14-11-8-5-2/h4-24H2,1-3H3,(H2,28,30)(H,29,31). The highest BCUT2D eigenvalue weighted by atomic mass is 16.2. The van der Waals surface area contributed by atoms with Gasteiger partial charge in [0.15, 0.2) is 0 Å². The fourth-order valence-corrected chi connectivity index (χ4v) is 4.62. The fraction of sp³-hybridized carbons (Fsp3) is 0.926. The molecule has 3 N–H and O–H groups in total. The number of rotatable bonds is 23. The molecule has 4 nitrogen and oxygen atoms in total. The Morgan fingerprint density at radius 3 is 1.23 bits per heavy atom. The lowest BCUT2D eigenvalue weighted by Gasteiger charge is -2.36. The van der Waals surface area contributed by atoms with E-state index in [1.165, 1.54) is 89.9 Å².